The van der Waals surface area contributed by atoms with E-state index in [2.05, 4.69) is 0 Å². The number of non-ortho nitro benzene ring substituents is 1. The van der Waals surface area contributed by atoms with Gasteiger partial charge in [0.1, 0.15) is 0 Å². The summed E-state index contributed by atoms with van der Waals surface area (Å²) in [6.45, 7) is 0. The Balaban J connectivity index is 2.78. The molecule has 0 fully saturated rings. The van der Waals surface area contributed by atoms with Crippen LogP contribution >= 0.6 is 0 Å². The summed E-state index contributed by atoms with van der Waals surface area (Å²) >= 11 is 0. The van der Waals surface area contributed by atoms with E-state index in [1.54, 1.807) is 6.07 Å². The summed E-state index contributed by atoms with van der Waals surface area (Å²) in [6.07, 6.45) is 2.40. The van der Waals surface area contributed by atoms with Crippen LogP contribution in [-0.4, -0.2) is 16.9 Å². The van der Waals surface area contributed by atoms with E-state index in [4.69, 9.17) is 5.73 Å². The minimum Gasteiger partial charge on any atom is -0.351 e. The predicted molar refractivity (Wildman–Crippen MR) is 59.9 cm³/mol. The molecule has 0 aromatic heterocycles. The van der Waals surface area contributed by atoms with Crippen LogP contribution in [0, 0.1) is 10.1 Å². The van der Waals surface area contributed by atoms with Crippen molar-refractivity contribution in [2.75, 3.05) is 0 Å². The molecule has 0 aliphatic heterocycles. The highest BCUT2D eigenvalue weighted by Crippen LogP contribution is 2.13. The highest BCUT2D eigenvalue weighted by Gasteiger charge is 2.04. The topological polar surface area (TPSA) is 115 Å². The maximum atomic E-state index is 11.0. The number of nitrogens with zero attached hydrogens (tertiary/aromatic N) is 1. The first-order valence-corrected chi connectivity index (χ1v) is 4.52. The highest BCUT2D eigenvalue weighted by atomic mass is 16.6. The van der Waals surface area contributed by atoms with Crippen LogP contribution in [0.15, 0.2) is 30.3 Å². The standard InChI is InChI=1S/C10H9N3O4/c11-10(15)12-9(14)5-4-7-2-1-3-8(6-7)13(16)17/h1-6H,(H3,11,12,14,15)/b5-4+. The summed E-state index contributed by atoms with van der Waals surface area (Å²) in [5.41, 5.74) is 5.12. The quantitative estimate of drug-likeness (QED) is 0.458. The van der Waals surface area contributed by atoms with Crippen molar-refractivity contribution in [2.45, 2.75) is 0 Å². The molecular weight excluding hydrogens is 226 g/mol. The molecule has 0 saturated heterocycles. The number of imide groups is 1. The molecule has 0 radical (unpaired) electrons. The van der Waals surface area contributed by atoms with Crippen molar-refractivity contribution in [3.63, 3.8) is 0 Å². The Morgan fingerprint density at radius 3 is 2.71 bits per heavy atom. The van der Waals surface area contributed by atoms with Gasteiger partial charge in [-0.3, -0.25) is 20.2 Å². The molecule has 3 amide bonds. The van der Waals surface area contributed by atoms with Crippen LogP contribution in [0.2, 0.25) is 0 Å². The van der Waals surface area contributed by atoms with E-state index in [1.165, 1.54) is 24.3 Å². The highest BCUT2D eigenvalue weighted by molar-refractivity contribution is 6.01. The Morgan fingerprint density at radius 1 is 1.41 bits per heavy atom. The lowest BCUT2D eigenvalue weighted by Gasteiger charge is -1.95. The number of hydrogen-bond donors (Lipinski definition) is 2. The summed E-state index contributed by atoms with van der Waals surface area (Å²) in [4.78, 5) is 31.3. The number of nitrogens with two attached hydrogens (primary N) is 1. The Hall–Kier alpha value is -2.70. The van der Waals surface area contributed by atoms with Crippen molar-refractivity contribution in [3.8, 4) is 0 Å². The molecule has 0 heterocycles. The van der Waals surface area contributed by atoms with Gasteiger partial charge in [-0.15, -0.1) is 0 Å². The van der Waals surface area contributed by atoms with Crippen LogP contribution in [0.3, 0.4) is 0 Å². The van der Waals surface area contributed by atoms with Crippen LogP contribution in [0.25, 0.3) is 6.08 Å². The predicted octanol–water partition coefficient (Wildman–Crippen LogP) is 0.803. The van der Waals surface area contributed by atoms with E-state index >= 15 is 0 Å². The van der Waals surface area contributed by atoms with Crippen LogP contribution in [0.1, 0.15) is 5.56 Å². The largest absolute Gasteiger partial charge is 0.351 e. The minimum atomic E-state index is -0.960. The van der Waals surface area contributed by atoms with Gasteiger partial charge < -0.3 is 5.73 Å². The third-order valence-corrected chi connectivity index (χ3v) is 1.75. The van der Waals surface area contributed by atoms with Gasteiger partial charge in [-0.05, 0) is 11.6 Å². The lowest BCUT2D eigenvalue weighted by molar-refractivity contribution is -0.384. The third kappa shape index (κ3) is 4.12. The molecule has 1 aromatic rings. The number of nitrogens with one attached hydrogen (secondary N) is 1. The molecule has 1 rings (SSSR count). The zero-order valence-corrected chi connectivity index (χ0v) is 8.62. The van der Waals surface area contributed by atoms with Crippen molar-refractivity contribution in [1.82, 2.24) is 5.32 Å². The Morgan fingerprint density at radius 2 is 2.12 bits per heavy atom. The monoisotopic (exact) mass is 235 g/mol. The number of primary amides is 1. The Kier molecular flexibility index (Phi) is 3.93. The lowest BCUT2D eigenvalue weighted by Crippen LogP contribution is -2.33. The van der Waals surface area contributed by atoms with Gasteiger partial charge in [0.2, 0.25) is 0 Å². The van der Waals surface area contributed by atoms with Gasteiger partial charge >= 0.3 is 6.03 Å². The molecule has 0 unspecified atom stereocenters. The fraction of sp³-hybridized carbons (Fsp3) is 0. The number of nitro benzene ring substituents is 1. The van der Waals surface area contributed by atoms with E-state index < -0.39 is 16.9 Å². The van der Waals surface area contributed by atoms with E-state index in [0.29, 0.717) is 5.56 Å². The number of benzene rings is 1. The molecule has 0 bridgehead atoms. The normalized spacial score (nSPS) is 10.1. The van der Waals surface area contributed by atoms with Crippen LogP contribution in [-0.2, 0) is 4.79 Å². The molecule has 7 nitrogen and oxygen atoms in total. The molecule has 88 valence electrons. The van der Waals surface area contributed by atoms with Gasteiger partial charge in [0.25, 0.3) is 11.6 Å². The number of amides is 3. The van der Waals surface area contributed by atoms with E-state index in [-0.39, 0.29) is 5.69 Å². The maximum Gasteiger partial charge on any atom is 0.319 e. The second-order valence-electron chi connectivity index (χ2n) is 3.04. The number of urea groups is 1. The average Bonchev–Trinajstić information content (AvgIpc) is 2.26. The molecule has 0 atom stereocenters. The SMILES string of the molecule is NC(=O)NC(=O)/C=C/c1cccc([N+](=O)[O-])c1. The molecule has 1 aromatic carbocycles. The van der Waals surface area contributed by atoms with Crippen LogP contribution in [0.5, 0.6) is 0 Å². The summed E-state index contributed by atoms with van der Waals surface area (Å²) in [7, 11) is 0. The fourth-order valence-electron chi connectivity index (χ4n) is 1.08. The van der Waals surface area contributed by atoms with Gasteiger partial charge in [0, 0.05) is 18.2 Å². The van der Waals surface area contributed by atoms with Crippen molar-refractivity contribution >= 4 is 23.7 Å². The third-order valence-electron chi connectivity index (χ3n) is 1.75. The first-order chi connectivity index (χ1) is 7.99. The first kappa shape index (κ1) is 12.4. The van der Waals surface area contributed by atoms with Gasteiger partial charge in [-0.25, -0.2) is 4.79 Å². The number of carbonyl (C=O) groups excluding carboxylic acids is 2. The smallest absolute Gasteiger partial charge is 0.319 e. The van der Waals surface area contributed by atoms with Crippen molar-refractivity contribution < 1.29 is 14.5 Å². The van der Waals surface area contributed by atoms with Crippen LogP contribution in [0.4, 0.5) is 10.5 Å². The molecule has 0 spiro atoms. The van der Waals surface area contributed by atoms with Gasteiger partial charge in [0.05, 0.1) is 4.92 Å². The molecule has 17 heavy (non-hydrogen) atoms. The van der Waals surface area contributed by atoms with Crippen LogP contribution < -0.4 is 11.1 Å². The van der Waals surface area contributed by atoms with Crippen molar-refractivity contribution in [2.24, 2.45) is 5.73 Å². The van der Waals surface area contributed by atoms with Crippen molar-refractivity contribution in [1.29, 1.82) is 0 Å². The fourth-order valence-corrected chi connectivity index (χ4v) is 1.08. The van der Waals surface area contributed by atoms with E-state index in [9.17, 15) is 19.7 Å². The number of carbonyl (C=O) groups is 2. The molecule has 0 saturated carbocycles. The van der Waals surface area contributed by atoms with Crippen molar-refractivity contribution in [3.05, 3.63) is 46.0 Å². The molecule has 7 heteroatoms. The van der Waals surface area contributed by atoms with E-state index in [1.807, 2.05) is 5.32 Å². The van der Waals surface area contributed by atoms with Gasteiger partial charge in [0.15, 0.2) is 0 Å². The first-order valence-electron chi connectivity index (χ1n) is 4.52. The number of hydrogen-bond acceptors (Lipinski definition) is 4. The minimum absolute atomic E-state index is 0.0811. The second-order valence-corrected chi connectivity index (χ2v) is 3.04. The van der Waals surface area contributed by atoms with Gasteiger partial charge in [-0.1, -0.05) is 12.1 Å². The zero-order valence-electron chi connectivity index (χ0n) is 8.62. The Bertz CT molecular complexity index is 496. The average molecular weight is 235 g/mol. The zero-order chi connectivity index (χ0) is 12.8. The van der Waals surface area contributed by atoms with Gasteiger partial charge in [-0.2, -0.15) is 0 Å². The number of rotatable bonds is 3. The molecular formula is C10H9N3O4. The summed E-state index contributed by atoms with van der Waals surface area (Å²) in [6, 6.07) is 4.75. The van der Waals surface area contributed by atoms with E-state index in [0.717, 1.165) is 6.08 Å². The lowest BCUT2D eigenvalue weighted by atomic mass is 10.2. The Labute approximate surface area is 96.1 Å². The number of nitro groups is 1. The maximum absolute atomic E-state index is 11.0. The second kappa shape index (κ2) is 5.40. The summed E-state index contributed by atoms with van der Waals surface area (Å²) in [5.74, 6) is -0.691. The molecule has 0 aliphatic carbocycles. The summed E-state index contributed by atoms with van der Waals surface area (Å²) < 4.78 is 0. The summed E-state index contributed by atoms with van der Waals surface area (Å²) in [5, 5.41) is 12.3. The molecule has 0 aliphatic rings. The molecule has 3 N–H and O–H groups in total.